The van der Waals surface area contributed by atoms with Crippen molar-refractivity contribution < 1.29 is 33.1 Å². The van der Waals surface area contributed by atoms with Crippen LogP contribution in [0.1, 0.15) is 46.4 Å². The number of oxazole rings is 1. The molecule has 0 radical (unpaired) electrons. The van der Waals surface area contributed by atoms with Crippen LogP contribution in [-0.2, 0) is 9.59 Å². The number of likely N-dealkylation sites (tertiary alicyclic amines) is 2. The molecule has 4 amide bonds. The highest BCUT2D eigenvalue weighted by atomic mass is 16.5. The van der Waals surface area contributed by atoms with E-state index in [9.17, 15) is 19.2 Å². The average molecular weight is 714 g/mol. The molecule has 2 N–H and O–H groups in total. The van der Waals surface area contributed by atoms with Crippen LogP contribution >= 0.6 is 0 Å². The van der Waals surface area contributed by atoms with E-state index in [4.69, 9.17) is 13.9 Å². The molecule has 12 heteroatoms. The summed E-state index contributed by atoms with van der Waals surface area (Å²) in [4.78, 5) is 60.5. The average Bonchev–Trinajstić information content (AvgIpc) is 4.00. The first-order valence-corrected chi connectivity index (χ1v) is 17.5. The number of aromatic nitrogens is 1. The lowest BCUT2D eigenvalue weighted by atomic mass is 10.1. The Kier molecular flexibility index (Phi) is 10.2. The zero-order chi connectivity index (χ0) is 36.9. The van der Waals surface area contributed by atoms with Gasteiger partial charge >= 0.3 is 0 Å². The Labute approximate surface area is 306 Å². The van der Waals surface area contributed by atoms with E-state index < -0.39 is 12.1 Å². The van der Waals surface area contributed by atoms with E-state index in [0.717, 1.165) is 24.0 Å². The van der Waals surface area contributed by atoms with Crippen LogP contribution in [0.3, 0.4) is 0 Å². The summed E-state index contributed by atoms with van der Waals surface area (Å²) in [5.41, 5.74) is 3.71. The third kappa shape index (κ3) is 7.62. The van der Waals surface area contributed by atoms with E-state index >= 15 is 0 Å². The number of nitrogens with one attached hydrogen (secondary N) is 2. The maximum absolute atomic E-state index is 13.2. The number of benzene rings is 4. The van der Waals surface area contributed by atoms with Gasteiger partial charge in [0.1, 0.15) is 23.6 Å². The molecule has 0 bridgehead atoms. The second kappa shape index (κ2) is 15.4. The molecule has 12 nitrogen and oxygen atoms in total. The van der Waals surface area contributed by atoms with Crippen molar-refractivity contribution in [1.82, 2.24) is 14.8 Å². The number of ether oxygens (including phenoxy) is 2. The van der Waals surface area contributed by atoms with E-state index in [1.807, 2.05) is 24.3 Å². The predicted octanol–water partition coefficient (Wildman–Crippen LogP) is 6.51. The number of anilines is 2. The monoisotopic (exact) mass is 713 g/mol. The van der Waals surface area contributed by atoms with Crippen molar-refractivity contribution in [3.63, 3.8) is 0 Å². The molecule has 5 aromatic rings. The van der Waals surface area contributed by atoms with Gasteiger partial charge < -0.3 is 34.3 Å². The minimum atomic E-state index is -0.565. The molecule has 2 saturated heterocycles. The fourth-order valence-electron chi connectivity index (χ4n) is 6.77. The quantitative estimate of drug-likeness (QED) is 0.167. The molecule has 0 saturated carbocycles. The maximum atomic E-state index is 13.2. The highest BCUT2D eigenvalue weighted by Crippen LogP contribution is 2.29. The van der Waals surface area contributed by atoms with Gasteiger partial charge in [0.25, 0.3) is 11.8 Å². The molecular formula is C41H39N5O7. The Morgan fingerprint density at radius 1 is 0.623 bits per heavy atom. The number of methoxy groups -OCH3 is 2. The fourth-order valence-corrected chi connectivity index (χ4v) is 6.77. The van der Waals surface area contributed by atoms with Crippen LogP contribution in [0, 0.1) is 0 Å². The molecule has 2 aliphatic rings. The molecule has 270 valence electrons. The van der Waals surface area contributed by atoms with Gasteiger partial charge in [-0.2, -0.15) is 0 Å². The van der Waals surface area contributed by atoms with Crippen LogP contribution in [0.5, 0.6) is 11.5 Å². The standard InChI is InChI=1S/C41H39N5O7/c1-51-32-19-11-28(12-20-32)40(49)45-23-3-5-34(45)37(47)43-30-15-7-26(8-16-30)36-25-42-39(53-36)27-9-17-31(18-10-27)44-38(48)35-6-4-24-46(35)41(50)29-13-21-33(52-2)22-14-29/h7-22,25,34-35H,3-6,23-24H2,1-2H3,(H,43,47)(H,44,48). The number of nitrogens with zero attached hydrogens (tertiary/aromatic N) is 3. The highest BCUT2D eigenvalue weighted by molar-refractivity contribution is 6.02. The zero-order valence-corrected chi connectivity index (χ0v) is 29.4. The van der Waals surface area contributed by atoms with E-state index in [-0.39, 0.29) is 23.6 Å². The summed E-state index contributed by atoms with van der Waals surface area (Å²) in [6, 6.07) is 27.0. The van der Waals surface area contributed by atoms with Gasteiger partial charge in [-0.15, -0.1) is 0 Å². The number of hydrogen-bond donors (Lipinski definition) is 2. The van der Waals surface area contributed by atoms with Crippen LogP contribution in [0.4, 0.5) is 11.4 Å². The third-order valence-corrected chi connectivity index (χ3v) is 9.65. The first kappa shape index (κ1) is 35.0. The lowest BCUT2D eigenvalue weighted by Crippen LogP contribution is -2.43. The van der Waals surface area contributed by atoms with Gasteiger partial charge in [-0.3, -0.25) is 19.2 Å². The van der Waals surface area contributed by atoms with Gasteiger partial charge in [0.15, 0.2) is 5.76 Å². The van der Waals surface area contributed by atoms with Crippen molar-refractivity contribution in [1.29, 1.82) is 0 Å². The van der Waals surface area contributed by atoms with Crippen LogP contribution in [-0.4, -0.2) is 77.8 Å². The van der Waals surface area contributed by atoms with Crippen LogP contribution < -0.4 is 20.1 Å². The predicted molar refractivity (Wildman–Crippen MR) is 199 cm³/mol. The SMILES string of the molecule is COc1ccc(C(=O)N2CCCC2C(=O)Nc2ccc(-c3cnc(-c4ccc(NC(=O)C5CCCN5C(=O)c5ccc(OC)cc5)cc4)o3)cc2)cc1. The van der Waals surface area contributed by atoms with Crippen molar-refractivity contribution in [2.24, 2.45) is 0 Å². The van der Waals surface area contributed by atoms with Crippen molar-refractivity contribution >= 4 is 35.0 Å². The zero-order valence-electron chi connectivity index (χ0n) is 29.4. The Bertz CT molecular complexity index is 1950. The largest absolute Gasteiger partial charge is 0.497 e. The number of amides is 4. The second-order valence-corrected chi connectivity index (χ2v) is 12.9. The normalized spacial score (nSPS) is 16.6. The van der Waals surface area contributed by atoms with Crippen LogP contribution in [0.25, 0.3) is 22.8 Å². The molecule has 3 heterocycles. The smallest absolute Gasteiger partial charge is 0.254 e. The van der Waals surface area contributed by atoms with Crippen molar-refractivity contribution in [3.8, 4) is 34.3 Å². The summed E-state index contributed by atoms with van der Waals surface area (Å²) in [7, 11) is 3.14. The molecule has 53 heavy (non-hydrogen) atoms. The van der Waals surface area contributed by atoms with E-state index in [2.05, 4.69) is 15.6 Å². The molecule has 2 aliphatic heterocycles. The molecule has 1 aromatic heterocycles. The Balaban J connectivity index is 0.940. The highest BCUT2D eigenvalue weighted by Gasteiger charge is 2.36. The lowest BCUT2D eigenvalue weighted by Gasteiger charge is -2.24. The summed E-state index contributed by atoms with van der Waals surface area (Å²) in [5, 5.41) is 5.90. The Morgan fingerprint density at radius 3 is 1.49 bits per heavy atom. The third-order valence-electron chi connectivity index (χ3n) is 9.65. The summed E-state index contributed by atoms with van der Waals surface area (Å²) >= 11 is 0. The van der Waals surface area contributed by atoms with Gasteiger partial charge in [-0.05, 0) is 123 Å². The lowest BCUT2D eigenvalue weighted by molar-refractivity contribution is -0.120. The van der Waals surface area contributed by atoms with Gasteiger partial charge in [-0.25, -0.2) is 4.98 Å². The molecule has 0 spiro atoms. The minimum Gasteiger partial charge on any atom is -0.497 e. The summed E-state index contributed by atoms with van der Waals surface area (Å²) < 4.78 is 16.4. The summed E-state index contributed by atoms with van der Waals surface area (Å²) in [6.07, 6.45) is 4.30. The molecule has 0 aliphatic carbocycles. The van der Waals surface area contributed by atoms with E-state index in [1.165, 1.54) is 0 Å². The Morgan fingerprint density at radius 2 is 1.06 bits per heavy atom. The molecule has 2 atom stereocenters. The van der Waals surface area contributed by atoms with Crippen molar-refractivity contribution in [2.75, 3.05) is 37.9 Å². The number of rotatable bonds is 10. The first-order chi connectivity index (χ1) is 25.8. The second-order valence-electron chi connectivity index (χ2n) is 12.9. The first-order valence-electron chi connectivity index (χ1n) is 17.5. The van der Waals surface area contributed by atoms with Gasteiger partial charge in [0.2, 0.25) is 17.7 Å². The van der Waals surface area contributed by atoms with Crippen molar-refractivity contribution in [3.05, 3.63) is 114 Å². The molecule has 2 fully saturated rings. The fraction of sp³-hybridized carbons (Fsp3) is 0.244. The number of carbonyl (C=O) groups is 4. The van der Waals surface area contributed by atoms with E-state index in [1.54, 1.807) is 103 Å². The van der Waals surface area contributed by atoms with Crippen molar-refractivity contribution in [2.45, 2.75) is 37.8 Å². The van der Waals surface area contributed by atoms with Gasteiger partial charge in [0.05, 0.1) is 20.4 Å². The summed E-state index contributed by atoms with van der Waals surface area (Å²) in [5.74, 6) is 1.43. The number of carbonyl (C=O) groups excluding carboxylic acids is 4. The molecule has 4 aromatic carbocycles. The van der Waals surface area contributed by atoms with Gasteiger partial charge in [-0.1, -0.05) is 0 Å². The van der Waals surface area contributed by atoms with Crippen LogP contribution in [0.15, 0.2) is 108 Å². The molecule has 7 rings (SSSR count). The summed E-state index contributed by atoms with van der Waals surface area (Å²) in [6.45, 7) is 1.03. The van der Waals surface area contributed by atoms with E-state index in [0.29, 0.717) is 71.6 Å². The van der Waals surface area contributed by atoms with Crippen LogP contribution in [0.2, 0.25) is 0 Å². The number of hydrogen-bond acceptors (Lipinski definition) is 8. The van der Waals surface area contributed by atoms with Gasteiger partial charge in [0, 0.05) is 46.7 Å². The Hall–Kier alpha value is -6.43. The minimum absolute atomic E-state index is 0.184. The molecule has 2 unspecified atom stereocenters. The molecular weight excluding hydrogens is 674 g/mol. The maximum Gasteiger partial charge on any atom is 0.254 e. The topological polar surface area (TPSA) is 143 Å².